The van der Waals surface area contributed by atoms with Gasteiger partial charge in [-0.15, -0.1) is 10.2 Å². The van der Waals surface area contributed by atoms with Crippen LogP contribution in [0.4, 0.5) is 22.9 Å². The summed E-state index contributed by atoms with van der Waals surface area (Å²) in [5, 5.41) is 12.9. The lowest BCUT2D eigenvalue weighted by molar-refractivity contribution is 0.412. The molecule has 1 aromatic heterocycles. The highest BCUT2D eigenvalue weighted by atomic mass is 32.2. The second-order valence-corrected chi connectivity index (χ2v) is 9.18. The van der Waals surface area contributed by atoms with E-state index >= 15 is 0 Å². The first-order valence-corrected chi connectivity index (χ1v) is 11.9. The van der Waals surface area contributed by atoms with E-state index in [1.165, 1.54) is 6.07 Å². The van der Waals surface area contributed by atoms with E-state index in [-0.39, 0.29) is 10.6 Å². The summed E-state index contributed by atoms with van der Waals surface area (Å²) in [6.45, 7) is 3.60. The fraction of sp³-hybridized carbons (Fsp3) is 0.125. The number of nitrogens with zero attached hydrogens (tertiary/aromatic N) is 4. The minimum atomic E-state index is -3.94. The highest BCUT2D eigenvalue weighted by Crippen LogP contribution is 2.33. The second-order valence-electron chi connectivity index (χ2n) is 7.52. The monoisotopic (exact) mass is 476 g/mol. The van der Waals surface area contributed by atoms with Crippen LogP contribution in [0.5, 0.6) is 5.75 Å². The first kappa shape index (κ1) is 23.0. The zero-order valence-electron chi connectivity index (χ0n) is 18.9. The Bertz CT molecular complexity index is 1460. The van der Waals surface area contributed by atoms with Crippen molar-refractivity contribution in [2.24, 2.45) is 10.2 Å². The highest BCUT2D eigenvalue weighted by Gasteiger charge is 2.20. The quantitative estimate of drug-likeness (QED) is 0.350. The normalized spacial score (nSPS) is 11.6. The number of aryl methyl sites for hydroxylation is 2. The molecule has 0 radical (unpaired) electrons. The van der Waals surface area contributed by atoms with Crippen LogP contribution >= 0.6 is 0 Å². The van der Waals surface area contributed by atoms with Crippen LogP contribution in [0.25, 0.3) is 5.69 Å². The standard InChI is InChI=1S/C24H24N6O3S/c1-16-15-18(13-14-21(16)33-3)29-34(31,32)22-12-8-7-11-20(22)26-27-23-17(2)28-30(24(23)25)19-9-5-4-6-10-19/h4-15,29H,25H2,1-3H3. The van der Waals surface area contributed by atoms with Gasteiger partial charge in [0.15, 0.2) is 11.5 Å². The number of para-hydroxylation sites is 1. The smallest absolute Gasteiger partial charge is 0.264 e. The molecule has 0 saturated heterocycles. The number of nitrogens with one attached hydrogen (secondary N) is 1. The maximum atomic E-state index is 13.1. The van der Waals surface area contributed by atoms with Crippen LogP contribution in [0.15, 0.2) is 87.9 Å². The first-order chi connectivity index (χ1) is 16.3. The summed E-state index contributed by atoms with van der Waals surface area (Å²) >= 11 is 0. The van der Waals surface area contributed by atoms with Crippen molar-refractivity contribution in [2.75, 3.05) is 17.6 Å². The van der Waals surface area contributed by atoms with E-state index in [0.717, 1.165) is 11.3 Å². The van der Waals surface area contributed by atoms with E-state index in [2.05, 4.69) is 20.0 Å². The Morgan fingerprint density at radius 3 is 2.38 bits per heavy atom. The maximum absolute atomic E-state index is 13.1. The Morgan fingerprint density at radius 2 is 1.68 bits per heavy atom. The van der Waals surface area contributed by atoms with Crippen molar-refractivity contribution in [3.8, 4) is 11.4 Å². The van der Waals surface area contributed by atoms with E-state index in [1.54, 1.807) is 55.1 Å². The van der Waals surface area contributed by atoms with Gasteiger partial charge in [-0.2, -0.15) is 5.10 Å². The number of aromatic nitrogens is 2. The summed E-state index contributed by atoms with van der Waals surface area (Å²) in [4.78, 5) is -0.0149. The molecule has 10 heteroatoms. The van der Waals surface area contributed by atoms with Gasteiger partial charge in [0.25, 0.3) is 10.0 Å². The molecule has 0 saturated carbocycles. The van der Waals surface area contributed by atoms with Crippen molar-refractivity contribution in [1.82, 2.24) is 9.78 Å². The lowest BCUT2D eigenvalue weighted by Gasteiger charge is -2.11. The lowest BCUT2D eigenvalue weighted by Crippen LogP contribution is -2.13. The minimum absolute atomic E-state index is 0.0149. The van der Waals surface area contributed by atoms with Crippen LogP contribution in [-0.4, -0.2) is 25.3 Å². The van der Waals surface area contributed by atoms with Crippen molar-refractivity contribution >= 4 is 32.9 Å². The van der Waals surface area contributed by atoms with Gasteiger partial charge in [0.1, 0.15) is 16.3 Å². The maximum Gasteiger partial charge on any atom is 0.264 e. The molecular weight excluding hydrogens is 452 g/mol. The van der Waals surface area contributed by atoms with Gasteiger partial charge in [-0.3, -0.25) is 4.72 Å². The van der Waals surface area contributed by atoms with Crippen LogP contribution in [0.2, 0.25) is 0 Å². The Morgan fingerprint density at radius 1 is 0.971 bits per heavy atom. The fourth-order valence-corrected chi connectivity index (χ4v) is 4.64. The number of hydrogen-bond acceptors (Lipinski definition) is 7. The summed E-state index contributed by atoms with van der Waals surface area (Å²) < 4.78 is 35.7. The number of ether oxygens (including phenoxy) is 1. The summed E-state index contributed by atoms with van der Waals surface area (Å²) in [6, 6.07) is 20.8. The predicted octanol–water partition coefficient (Wildman–Crippen LogP) is 5.30. The number of benzene rings is 3. The zero-order chi connectivity index (χ0) is 24.3. The van der Waals surface area contributed by atoms with Crippen molar-refractivity contribution in [3.05, 3.63) is 84.1 Å². The molecule has 0 bridgehead atoms. The molecule has 1 heterocycles. The third-order valence-corrected chi connectivity index (χ3v) is 6.55. The first-order valence-electron chi connectivity index (χ1n) is 10.4. The average Bonchev–Trinajstić information content (AvgIpc) is 3.11. The van der Waals surface area contributed by atoms with E-state index in [0.29, 0.717) is 28.6 Å². The van der Waals surface area contributed by atoms with Gasteiger partial charge < -0.3 is 10.5 Å². The minimum Gasteiger partial charge on any atom is -0.496 e. The molecule has 34 heavy (non-hydrogen) atoms. The van der Waals surface area contributed by atoms with E-state index in [9.17, 15) is 8.42 Å². The molecule has 3 aromatic carbocycles. The molecule has 0 aliphatic rings. The van der Waals surface area contributed by atoms with Crippen molar-refractivity contribution in [3.63, 3.8) is 0 Å². The summed E-state index contributed by atoms with van der Waals surface area (Å²) in [6.07, 6.45) is 0. The molecule has 0 unspecified atom stereocenters. The lowest BCUT2D eigenvalue weighted by atomic mass is 10.2. The van der Waals surface area contributed by atoms with Crippen LogP contribution in [0, 0.1) is 13.8 Å². The molecule has 0 atom stereocenters. The SMILES string of the molecule is COc1ccc(NS(=O)(=O)c2ccccc2N=Nc2c(C)nn(-c3ccccc3)c2N)cc1C. The van der Waals surface area contributed by atoms with Gasteiger partial charge in [0.05, 0.1) is 18.5 Å². The Labute approximate surface area is 198 Å². The summed E-state index contributed by atoms with van der Waals surface area (Å²) in [5.74, 6) is 0.973. The van der Waals surface area contributed by atoms with Crippen LogP contribution in [-0.2, 0) is 10.0 Å². The molecule has 4 aromatic rings. The van der Waals surface area contributed by atoms with Crippen LogP contribution in [0.3, 0.4) is 0 Å². The van der Waals surface area contributed by atoms with Crippen molar-refractivity contribution in [2.45, 2.75) is 18.7 Å². The second kappa shape index (κ2) is 9.36. The molecule has 0 fully saturated rings. The number of azo groups is 1. The van der Waals surface area contributed by atoms with Gasteiger partial charge in [0, 0.05) is 5.69 Å². The number of rotatable bonds is 7. The number of sulfonamides is 1. The van der Waals surface area contributed by atoms with Crippen molar-refractivity contribution < 1.29 is 13.2 Å². The molecule has 0 aliphatic carbocycles. The van der Waals surface area contributed by atoms with Crippen LogP contribution < -0.4 is 15.2 Å². The highest BCUT2D eigenvalue weighted by molar-refractivity contribution is 7.92. The molecular formula is C24H24N6O3S. The molecule has 0 spiro atoms. The Kier molecular flexibility index (Phi) is 6.33. The van der Waals surface area contributed by atoms with Gasteiger partial charge in [-0.1, -0.05) is 30.3 Å². The Balaban J connectivity index is 1.66. The van der Waals surface area contributed by atoms with Gasteiger partial charge in [-0.05, 0) is 61.9 Å². The number of anilines is 2. The molecule has 9 nitrogen and oxygen atoms in total. The zero-order valence-corrected chi connectivity index (χ0v) is 19.7. The fourth-order valence-electron chi connectivity index (χ4n) is 3.45. The predicted molar refractivity (Wildman–Crippen MR) is 132 cm³/mol. The third-order valence-electron chi connectivity index (χ3n) is 5.12. The van der Waals surface area contributed by atoms with Crippen molar-refractivity contribution in [1.29, 1.82) is 0 Å². The molecule has 4 rings (SSSR count). The van der Waals surface area contributed by atoms with Gasteiger partial charge >= 0.3 is 0 Å². The molecule has 0 aliphatic heterocycles. The number of hydrogen-bond donors (Lipinski definition) is 2. The number of nitrogens with two attached hydrogens (primary N) is 1. The van der Waals surface area contributed by atoms with E-state index in [1.807, 2.05) is 37.3 Å². The molecule has 0 amide bonds. The topological polar surface area (TPSA) is 124 Å². The summed E-state index contributed by atoms with van der Waals surface area (Å²) in [5.41, 5.74) is 9.38. The largest absolute Gasteiger partial charge is 0.496 e. The molecule has 3 N–H and O–H groups in total. The van der Waals surface area contributed by atoms with Crippen LogP contribution in [0.1, 0.15) is 11.3 Å². The van der Waals surface area contributed by atoms with E-state index < -0.39 is 10.0 Å². The third kappa shape index (κ3) is 4.62. The Hall–Kier alpha value is -4.18. The van der Waals surface area contributed by atoms with Gasteiger partial charge in [-0.25, -0.2) is 13.1 Å². The average molecular weight is 477 g/mol. The number of nitrogen functional groups attached to an aromatic ring is 1. The molecule has 174 valence electrons. The van der Waals surface area contributed by atoms with Gasteiger partial charge in [0.2, 0.25) is 0 Å². The number of methoxy groups -OCH3 is 1. The van der Waals surface area contributed by atoms with E-state index in [4.69, 9.17) is 10.5 Å². The summed E-state index contributed by atoms with van der Waals surface area (Å²) in [7, 11) is -2.38.